The molecule has 0 aromatic carbocycles. The molecule has 0 saturated carbocycles. The molecule has 2 rings (SSSR count). The Labute approximate surface area is 106 Å². The summed E-state index contributed by atoms with van der Waals surface area (Å²) in [7, 11) is -2.01. The van der Waals surface area contributed by atoms with E-state index < -0.39 is 34.4 Å². The first-order valence-electron chi connectivity index (χ1n) is 5.60. The van der Waals surface area contributed by atoms with Crippen molar-refractivity contribution >= 4 is 10.1 Å². The fourth-order valence-corrected chi connectivity index (χ4v) is 2.54. The van der Waals surface area contributed by atoms with Gasteiger partial charge < -0.3 is 18.9 Å². The van der Waals surface area contributed by atoms with Crippen LogP contribution in [0, 0.1) is 0 Å². The first kappa shape index (κ1) is 14.2. The molecule has 0 amide bonds. The first-order valence-corrected chi connectivity index (χ1v) is 7.42. The monoisotopic (exact) mass is 282 g/mol. The Hall–Kier alpha value is -0.250. The lowest BCUT2D eigenvalue weighted by Crippen LogP contribution is -2.33. The second-order valence-corrected chi connectivity index (χ2v) is 6.48. The molecular formula is C10H18O7S. The van der Waals surface area contributed by atoms with E-state index in [2.05, 4.69) is 0 Å². The van der Waals surface area contributed by atoms with Gasteiger partial charge in [0.1, 0.15) is 18.3 Å². The van der Waals surface area contributed by atoms with Crippen LogP contribution in [-0.2, 0) is 33.2 Å². The Bertz CT molecular complexity index is 404. The van der Waals surface area contributed by atoms with Crippen LogP contribution in [0.5, 0.6) is 0 Å². The molecule has 7 nitrogen and oxygen atoms in total. The Morgan fingerprint density at radius 2 is 1.83 bits per heavy atom. The standard InChI is InChI=1S/C10H18O7S/c1-10(2)16-7-6(5-14-18(4,11)12)15-9(13-3)8(7)17-10/h6-9H,5H2,1-4H3/t6-,7-,8-,9+/m1/s1. The number of hydrogen-bond donors (Lipinski definition) is 0. The summed E-state index contributed by atoms with van der Waals surface area (Å²) in [4.78, 5) is 0. The molecular weight excluding hydrogens is 264 g/mol. The molecule has 2 aliphatic heterocycles. The van der Waals surface area contributed by atoms with Gasteiger partial charge in [-0.05, 0) is 13.8 Å². The second-order valence-electron chi connectivity index (χ2n) is 4.83. The quantitative estimate of drug-likeness (QED) is 0.663. The van der Waals surface area contributed by atoms with Crippen molar-refractivity contribution < 1.29 is 31.5 Å². The minimum absolute atomic E-state index is 0.112. The predicted molar refractivity (Wildman–Crippen MR) is 60.3 cm³/mol. The smallest absolute Gasteiger partial charge is 0.264 e. The van der Waals surface area contributed by atoms with E-state index in [4.69, 9.17) is 23.1 Å². The van der Waals surface area contributed by atoms with E-state index in [0.717, 1.165) is 6.26 Å². The SMILES string of the molecule is CO[C@H]1O[C@H](COS(C)(=O)=O)[C@H]2OC(C)(C)O[C@@H]12. The average molecular weight is 282 g/mol. The van der Waals surface area contributed by atoms with Crippen LogP contribution < -0.4 is 0 Å². The number of methoxy groups -OCH3 is 1. The van der Waals surface area contributed by atoms with Crippen LogP contribution in [0.15, 0.2) is 0 Å². The van der Waals surface area contributed by atoms with Gasteiger partial charge >= 0.3 is 0 Å². The van der Waals surface area contributed by atoms with Crippen LogP contribution in [0.25, 0.3) is 0 Å². The molecule has 2 fully saturated rings. The normalized spacial score (nSPS) is 38.9. The van der Waals surface area contributed by atoms with Crippen molar-refractivity contribution in [2.75, 3.05) is 20.0 Å². The molecule has 0 N–H and O–H groups in total. The molecule has 2 saturated heterocycles. The summed E-state index contributed by atoms with van der Waals surface area (Å²) >= 11 is 0. The van der Waals surface area contributed by atoms with E-state index in [1.165, 1.54) is 7.11 Å². The highest BCUT2D eigenvalue weighted by Crippen LogP contribution is 2.38. The van der Waals surface area contributed by atoms with Crippen LogP contribution >= 0.6 is 0 Å². The maximum atomic E-state index is 11.0. The number of hydrogen-bond acceptors (Lipinski definition) is 7. The lowest BCUT2D eigenvalue weighted by atomic mass is 10.1. The van der Waals surface area contributed by atoms with Gasteiger partial charge in [-0.3, -0.25) is 4.18 Å². The average Bonchev–Trinajstić information content (AvgIpc) is 2.67. The largest absolute Gasteiger partial charge is 0.353 e. The summed E-state index contributed by atoms with van der Waals surface area (Å²) in [6, 6.07) is 0. The summed E-state index contributed by atoms with van der Waals surface area (Å²) < 4.78 is 48.7. The molecule has 0 radical (unpaired) electrons. The lowest BCUT2D eigenvalue weighted by molar-refractivity contribution is -0.229. The highest BCUT2D eigenvalue weighted by atomic mass is 32.2. The van der Waals surface area contributed by atoms with Gasteiger partial charge in [-0.25, -0.2) is 0 Å². The highest BCUT2D eigenvalue weighted by Gasteiger charge is 2.55. The van der Waals surface area contributed by atoms with E-state index in [9.17, 15) is 8.42 Å². The molecule has 8 heteroatoms. The van der Waals surface area contributed by atoms with Gasteiger partial charge in [-0.2, -0.15) is 8.42 Å². The minimum Gasteiger partial charge on any atom is -0.353 e. The van der Waals surface area contributed by atoms with Crippen LogP contribution in [-0.4, -0.2) is 58.8 Å². The summed E-state index contributed by atoms with van der Waals surface area (Å²) in [5, 5.41) is 0. The third-order valence-electron chi connectivity index (χ3n) is 2.79. The minimum atomic E-state index is -3.51. The zero-order chi connectivity index (χ0) is 13.6. The van der Waals surface area contributed by atoms with Crippen molar-refractivity contribution in [3.8, 4) is 0 Å². The summed E-state index contributed by atoms with van der Waals surface area (Å²) in [5.74, 6) is -0.737. The van der Waals surface area contributed by atoms with E-state index in [-0.39, 0.29) is 12.7 Å². The summed E-state index contributed by atoms with van der Waals surface area (Å²) in [5.41, 5.74) is 0. The summed E-state index contributed by atoms with van der Waals surface area (Å²) in [6.07, 6.45) is -0.894. The van der Waals surface area contributed by atoms with Gasteiger partial charge in [0, 0.05) is 7.11 Å². The molecule has 0 unspecified atom stereocenters. The third kappa shape index (κ3) is 3.01. The molecule has 2 aliphatic rings. The van der Waals surface area contributed by atoms with Crippen molar-refractivity contribution in [3.05, 3.63) is 0 Å². The van der Waals surface area contributed by atoms with Gasteiger partial charge in [0.05, 0.1) is 12.9 Å². The van der Waals surface area contributed by atoms with Crippen LogP contribution in [0.3, 0.4) is 0 Å². The Morgan fingerprint density at radius 3 is 2.39 bits per heavy atom. The Morgan fingerprint density at radius 1 is 1.22 bits per heavy atom. The molecule has 18 heavy (non-hydrogen) atoms. The van der Waals surface area contributed by atoms with Gasteiger partial charge in [0.25, 0.3) is 10.1 Å². The molecule has 2 heterocycles. The van der Waals surface area contributed by atoms with E-state index >= 15 is 0 Å². The molecule has 0 aliphatic carbocycles. The third-order valence-corrected chi connectivity index (χ3v) is 3.35. The maximum absolute atomic E-state index is 11.0. The Balaban J connectivity index is 2.04. The topological polar surface area (TPSA) is 80.3 Å². The van der Waals surface area contributed by atoms with E-state index in [0.29, 0.717) is 0 Å². The molecule has 4 atom stereocenters. The van der Waals surface area contributed by atoms with Gasteiger partial charge in [0.15, 0.2) is 12.1 Å². The summed E-state index contributed by atoms with van der Waals surface area (Å²) in [6.45, 7) is 3.46. The van der Waals surface area contributed by atoms with Gasteiger partial charge in [-0.1, -0.05) is 0 Å². The van der Waals surface area contributed by atoms with Gasteiger partial charge in [-0.15, -0.1) is 0 Å². The van der Waals surface area contributed by atoms with E-state index in [1.807, 2.05) is 0 Å². The number of ether oxygens (including phenoxy) is 4. The van der Waals surface area contributed by atoms with Crippen LogP contribution in [0.4, 0.5) is 0 Å². The number of fused-ring (bicyclic) bond motifs is 1. The van der Waals surface area contributed by atoms with E-state index in [1.54, 1.807) is 13.8 Å². The number of rotatable bonds is 4. The molecule has 0 aromatic rings. The van der Waals surface area contributed by atoms with Crippen LogP contribution in [0.2, 0.25) is 0 Å². The molecule has 0 spiro atoms. The van der Waals surface area contributed by atoms with Crippen molar-refractivity contribution in [2.24, 2.45) is 0 Å². The zero-order valence-corrected chi connectivity index (χ0v) is 11.6. The highest BCUT2D eigenvalue weighted by molar-refractivity contribution is 7.85. The Kier molecular flexibility index (Phi) is 3.69. The fraction of sp³-hybridized carbons (Fsp3) is 1.00. The van der Waals surface area contributed by atoms with Crippen LogP contribution in [0.1, 0.15) is 13.8 Å². The van der Waals surface area contributed by atoms with Gasteiger partial charge in [0.2, 0.25) is 0 Å². The molecule has 0 bridgehead atoms. The van der Waals surface area contributed by atoms with Crippen molar-refractivity contribution in [1.29, 1.82) is 0 Å². The second kappa shape index (κ2) is 4.69. The van der Waals surface area contributed by atoms with Crippen molar-refractivity contribution in [2.45, 2.75) is 44.2 Å². The zero-order valence-electron chi connectivity index (χ0n) is 10.8. The van der Waals surface area contributed by atoms with Crippen molar-refractivity contribution in [1.82, 2.24) is 0 Å². The predicted octanol–water partition coefficient (Wildman–Crippen LogP) is -0.146. The van der Waals surface area contributed by atoms with Crippen molar-refractivity contribution in [3.63, 3.8) is 0 Å². The molecule has 106 valence electrons. The first-order chi connectivity index (χ1) is 8.22. The fourth-order valence-electron chi connectivity index (χ4n) is 2.16. The molecule has 0 aromatic heterocycles. The maximum Gasteiger partial charge on any atom is 0.264 e. The lowest BCUT2D eigenvalue weighted by Gasteiger charge is -2.23.